The summed E-state index contributed by atoms with van der Waals surface area (Å²) in [6.07, 6.45) is 3.73. The van der Waals surface area contributed by atoms with Crippen molar-refractivity contribution in [3.63, 3.8) is 0 Å². The lowest BCUT2D eigenvalue weighted by Gasteiger charge is -1.76. The van der Waals surface area contributed by atoms with Gasteiger partial charge in [0.05, 0.1) is 0 Å². The second-order valence-electron chi connectivity index (χ2n) is 1.30. The number of aromatic nitrogens is 1. The van der Waals surface area contributed by atoms with Gasteiger partial charge < -0.3 is 0 Å². The second kappa shape index (κ2) is 2.46. The number of hydrogen-bond donors (Lipinski definition) is 0. The Hall–Kier alpha value is -0.0800. The van der Waals surface area contributed by atoms with Crippen molar-refractivity contribution in [2.45, 2.75) is 6.92 Å². The maximum Gasteiger partial charge on any atom is 0.183 e. The van der Waals surface area contributed by atoms with E-state index in [2.05, 4.69) is 4.98 Å². The van der Waals surface area contributed by atoms with Gasteiger partial charge in [-0.3, -0.25) is 0 Å². The molecular formula is C5H5ClNS. The third-order valence-electron chi connectivity index (χ3n) is 0.780. The Morgan fingerprint density at radius 3 is 2.88 bits per heavy atom. The smallest absolute Gasteiger partial charge is 0.183 e. The Labute approximate surface area is 57.3 Å². The van der Waals surface area contributed by atoms with E-state index in [-0.39, 0.29) is 0 Å². The van der Waals surface area contributed by atoms with Gasteiger partial charge in [0, 0.05) is 11.1 Å². The lowest BCUT2D eigenvalue weighted by atomic mass is 10.4. The monoisotopic (exact) mass is 146 g/mol. The first kappa shape index (κ1) is 6.05. The molecule has 0 aliphatic carbocycles. The zero-order valence-corrected chi connectivity index (χ0v) is 5.96. The zero-order valence-electron chi connectivity index (χ0n) is 4.39. The second-order valence-corrected chi connectivity index (χ2v) is 2.95. The summed E-state index contributed by atoms with van der Waals surface area (Å²) in [7, 11) is 0. The molecule has 0 aliphatic rings. The minimum atomic E-state index is 0.609. The molecule has 0 saturated heterocycles. The molecule has 0 spiro atoms. The van der Waals surface area contributed by atoms with E-state index in [1.165, 1.54) is 11.3 Å². The molecule has 0 atom stereocenters. The molecule has 8 heavy (non-hydrogen) atoms. The maximum absolute atomic E-state index is 5.53. The Kier molecular flexibility index (Phi) is 1.86. The van der Waals surface area contributed by atoms with Gasteiger partial charge in [-0.2, -0.15) is 0 Å². The largest absolute Gasteiger partial charge is 0.233 e. The van der Waals surface area contributed by atoms with Crippen molar-refractivity contribution in [1.82, 2.24) is 4.98 Å². The van der Waals surface area contributed by atoms with Crippen molar-refractivity contribution >= 4 is 22.9 Å². The lowest BCUT2D eigenvalue weighted by molar-refractivity contribution is 1.38. The van der Waals surface area contributed by atoms with Crippen LogP contribution in [0.1, 0.15) is 11.8 Å². The summed E-state index contributed by atoms with van der Waals surface area (Å²) >= 11 is 7.01. The molecule has 0 N–H and O–H groups in total. The number of nitrogens with zero attached hydrogens (tertiary/aromatic N) is 1. The molecular weight excluding hydrogens is 142 g/mol. The quantitative estimate of drug-likeness (QED) is 0.593. The molecule has 1 rings (SSSR count). The first-order chi connectivity index (χ1) is 3.83. The van der Waals surface area contributed by atoms with E-state index in [1.807, 2.05) is 13.3 Å². The lowest BCUT2D eigenvalue weighted by Crippen LogP contribution is -1.60. The average molecular weight is 147 g/mol. The molecule has 0 amide bonds. The van der Waals surface area contributed by atoms with Crippen LogP contribution in [0.4, 0.5) is 0 Å². The number of hydrogen-bond acceptors (Lipinski definition) is 2. The fourth-order valence-corrected chi connectivity index (χ4v) is 1.24. The molecule has 1 heterocycles. The number of thiazole rings is 1. The molecule has 0 unspecified atom stereocenters. The van der Waals surface area contributed by atoms with Gasteiger partial charge in [0.15, 0.2) is 4.47 Å². The van der Waals surface area contributed by atoms with Gasteiger partial charge in [0.1, 0.15) is 0 Å². The van der Waals surface area contributed by atoms with Crippen molar-refractivity contribution < 1.29 is 0 Å². The average Bonchev–Trinajstić information content (AvgIpc) is 2.14. The number of rotatable bonds is 1. The van der Waals surface area contributed by atoms with Gasteiger partial charge in [-0.1, -0.05) is 18.5 Å². The summed E-state index contributed by atoms with van der Waals surface area (Å²) in [6.45, 7) is 1.96. The van der Waals surface area contributed by atoms with Gasteiger partial charge >= 0.3 is 0 Å². The third-order valence-corrected chi connectivity index (χ3v) is 1.96. The highest BCUT2D eigenvalue weighted by molar-refractivity contribution is 7.15. The van der Waals surface area contributed by atoms with Crippen molar-refractivity contribution in [2.75, 3.05) is 0 Å². The Balaban J connectivity index is 2.84. The normalized spacial score (nSPS) is 9.75. The van der Waals surface area contributed by atoms with Crippen molar-refractivity contribution in [1.29, 1.82) is 0 Å². The van der Waals surface area contributed by atoms with E-state index >= 15 is 0 Å². The first-order valence-corrected chi connectivity index (χ1v) is 3.43. The Morgan fingerprint density at radius 2 is 2.62 bits per heavy atom. The molecule has 0 aliphatic heterocycles. The summed E-state index contributed by atoms with van der Waals surface area (Å²) in [5.41, 5.74) is 0. The standard InChI is InChI=1S/C5H5ClNS/c1-2-4-3-7-5(6)8-4/h2-3H,1H3. The molecule has 0 aromatic carbocycles. The summed E-state index contributed by atoms with van der Waals surface area (Å²) in [5.74, 6) is 0. The van der Waals surface area contributed by atoms with Gasteiger partial charge in [-0.15, -0.1) is 11.3 Å². The highest BCUT2D eigenvalue weighted by Gasteiger charge is 1.93. The first-order valence-electron chi connectivity index (χ1n) is 2.23. The van der Waals surface area contributed by atoms with Gasteiger partial charge in [0.2, 0.25) is 0 Å². The molecule has 43 valence electrons. The van der Waals surface area contributed by atoms with Crippen molar-refractivity contribution in [3.8, 4) is 0 Å². The predicted octanol–water partition coefficient (Wildman–Crippen LogP) is 2.37. The fraction of sp³-hybridized carbons (Fsp3) is 0.200. The minimum absolute atomic E-state index is 0.609. The summed E-state index contributed by atoms with van der Waals surface area (Å²) in [6, 6.07) is 0. The van der Waals surface area contributed by atoms with Crippen LogP contribution in [0.3, 0.4) is 0 Å². The van der Waals surface area contributed by atoms with Crippen LogP contribution in [0.15, 0.2) is 6.20 Å². The van der Waals surface area contributed by atoms with Crippen LogP contribution in [-0.2, 0) is 0 Å². The van der Waals surface area contributed by atoms with Crippen LogP contribution < -0.4 is 0 Å². The molecule has 1 aromatic rings. The zero-order chi connectivity index (χ0) is 5.98. The molecule has 0 saturated carbocycles. The van der Waals surface area contributed by atoms with Crippen LogP contribution in [0.2, 0.25) is 4.47 Å². The number of halogens is 1. The van der Waals surface area contributed by atoms with Crippen LogP contribution in [0, 0.1) is 6.42 Å². The van der Waals surface area contributed by atoms with E-state index in [1.54, 1.807) is 6.20 Å². The summed E-state index contributed by atoms with van der Waals surface area (Å²) < 4.78 is 0.609. The van der Waals surface area contributed by atoms with E-state index < -0.39 is 0 Å². The Morgan fingerprint density at radius 1 is 1.88 bits per heavy atom. The molecule has 1 nitrogen and oxygen atoms in total. The maximum atomic E-state index is 5.53. The third kappa shape index (κ3) is 1.20. The topological polar surface area (TPSA) is 12.9 Å². The SMILES string of the molecule is C[CH]c1cnc(Cl)s1. The van der Waals surface area contributed by atoms with Crippen LogP contribution in [0.5, 0.6) is 0 Å². The molecule has 0 bridgehead atoms. The van der Waals surface area contributed by atoms with E-state index in [9.17, 15) is 0 Å². The molecule has 1 radical (unpaired) electrons. The fourth-order valence-electron chi connectivity index (χ4n) is 0.398. The minimum Gasteiger partial charge on any atom is -0.233 e. The summed E-state index contributed by atoms with van der Waals surface area (Å²) in [4.78, 5) is 4.96. The highest BCUT2D eigenvalue weighted by Crippen LogP contribution is 2.18. The van der Waals surface area contributed by atoms with E-state index in [0.717, 1.165) is 4.88 Å². The van der Waals surface area contributed by atoms with Gasteiger partial charge in [0.25, 0.3) is 0 Å². The van der Waals surface area contributed by atoms with Crippen molar-refractivity contribution in [2.24, 2.45) is 0 Å². The Bertz CT molecular complexity index is 173. The van der Waals surface area contributed by atoms with Crippen LogP contribution in [0.25, 0.3) is 0 Å². The molecule has 3 heteroatoms. The van der Waals surface area contributed by atoms with Crippen LogP contribution >= 0.6 is 22.9 Å². The molecule has 0 fully saturated rings. The van der Waals surface area contributed by atoms with Gasteiger partial charge in [-0.25, -0.2) is 4.98 Å². The van der Waals surface area contributed by atoms with E-state index in [4.69, 9.17) is 11.6 Å². The van der Waals surface area contributed by atoms with Crippen LogP contribution in [-0.4, -0.2) is 4.98 Å². The van der Waals surface area contributed by atoms with Gasteiger partial charge in [-0.05, 0) is 6.42 Å². The summed E-state index contributed by atoms with van der Waals surface area (Å²) in [5, 5.41) is 0. The predicted molar refractivity (Wildman–Crippen MR) is 36.2 cm³/mol. The highest BCUT2D eigenvalue weighted by atomic mass is 35.5. The van der Waals surface area contributed by atoms with E-state index in [0.29, 0.717) is 4.47 Å². The molecule has 1 aromatic heterocycles. The van der Waals surface area contributed by atoms with Crippen molar-refractivity contribution in [3.05, 3.63) is 22.0 Å².